The minimum Gasteiger partial charge on any atom is -0.323 e. The van der Waals surface area contributed by atoms with Crippen LogP contribution in [0.15, 0.2) is 27.7 Å². The molecule has 0 fully saturated rings. The molecule has 11 heavy (non-hydrogen) atoms. The van der Waals surface area contributed by atoms with Gasteiger partial charge in [-0.1, -0.05) is 11.8 Å². The van der Waals surface area contributed by atoms with Gasteiger partial charge in [-0.15, -0.1) is 11.8 Å². The summed E-state index contributed by atoms with van der Waals surface area (Å²) in [6.07, 6.45) is 6.26. The fourth-order valence-electron chi connectivity index (χ4n) is 0.971. The maximum Gasteiger partial charge on any atom is 0.173 e. The molecule has 2 nitrogen and oxygen atoms in total. The van der Waals surface area contributed by atoms with Crippen molar-refractivity contribution in [3.63, 3.8) is 0 Å². The highest BCUT2D eigenvalue weighted by Gasteiger charge is 2.16. The molecule has 2 heterocycles. The summed E-state index contributed by atoms with van der Waals surface area (Å²) in [7, 11) is 0. The van der Waals surface area contributed by atoms with E-state index in [1.165, 1.54) is 0 Å². The predicted molar refractivity (Wildman–Crippen MR) is 52.5 cm³/mol. The van der Waals surface area contributed by atoms with Gasteiger partial charge in [0.1, 0.15) is 0 Å². The Morgan fingerprint density at radius 3 is 3.45 bits per heavy atom. The van der Waals surface area contributed by atoms with Gasteiger partial charge in [-0.2, -0.15) is 0 Å². The van der Waals surface area contributed by atoms with Crippen LogP contribution in [0.4, 0.5) is 0 Å². The number of aliphatic imine (C=N–C) groups is 1. The molecule has 0 aliphatic carbocycles. The fraction of sp³-hybridized carbons (Fsp3) is 0.286. The lowest BCUT2D eigenvalue weighted by molar-refractivity contribution is 0.631. The van der Waals surface area contributed by atoms with E-state index in [-0.39, 0.29) is 0 Å². The van der Waals surface area contributed by atoms with Gasteiger partial charge in [0.2, 0.25) is 0 Å². The topological polar surface area (TPSA) is 15.6 Å². The molecule has 0 bridgehead atoms. The van der Waals surface area contributed by atoms with Gasteiger partial charge in [0.25, 0.3) is 0 Å². The maximum atomic E-state index is 4.43. The molecule has 0 radical (unpaired) electrons. The van der Waals surface area contributed by atoms with Crippen molar-refractivity contribution in [2.24, 2.45) is 4.99 Å². The van der Waals surface area contributed by atoms with Crippen LogP contribution in [-0.4, -0.2) is 22.9 Å². The van der Waals surface area contributed by atoms with E-state index in [1.807, 2.05) is 0 Å². The minimum absolute atomic E-state index is 0.971. The third-order valence-electron chi connectivity index (χ3n) is 1.54. The van der Waals surface area contributed by atoms with Crippen LogP contribution in [0.1, 0.15) is 0 Å². The highest BCUT2D eigenvalue weighted by atomic mass is 32.2. The van der Waals surface area contributed by atoms with Crippen molar-refractivity contribution in [2.75, 3.05) is 12.8 Å². The lowest BCUT2D eigenvalue weighted by Gasteiger charge is -2.18. The summed E-state index contributed by atoms with van der Waals surface area (Å²) in [5.41, 5.74) is 0. The van der Waals surface area contributed by atoms with Gasteiger partial charge in [0.05, 0.1) is 5.03 Å². The zero-order valence-electron chi connectivity index (χ0n) is 6.15. The summed E-state index contributed by atoms with van der Waals surface area (Å²) < 4.78 is 0. The van der Waals surface area contributed by atoms with Crippen molar-refractivity contribution in [3.05, 3.63) is 22.7 Å². The molecule has 0 atom stereocenters. The minimum atomic E-state index is 0.971. The van der Waals surface area contributed by atoms with E-state index in [4.69, 9.17) is 0 Å². The Balaban J connectivity index is 2.20. The average molecular weight is 184 g/mol. The number of rotatable bonds is 1. The van der Waals surface area contributed by atoms with E-state index in [9.17, 15) is 0 Å². The van der Waals surface area contributed by atoms with Crippen LogP contribution in [0.2, 0.25) is 0 Å². The summed E-state index contributed by atoms with van der Waals surface area (Å²) >= 11 is 3.39. The first-order chi connectivity index (χ1) is 5.40. The lowest BCUT2D eigenvalue weighted by atomic mass is 10.5. The molecular formula is C7H8N2S2. The number of hydrogen-bond acceptors (Lipinski definition) is 4. The molecule has 0 N–H and O–H groups in total. The standard InChI is InChI=1S/C7H8N2S2/c1-10-6-2-3-9-4-5-11-7(9)8-6/h2,4-5H,3H2,1H3. The fourth-order valence-corrected chi connectivity index (χ4v) is 2.20. The highest BCUT2D eigenvalue weighted by Crippen LogP contribution is 2.27. The van der Waals surface area contributed by atoms with Crippen molar-refractivity contribution in [1.82, 2.24) is 4.90 Å². The van der Waals surface area contributed by atoms with Crippen molar-refractivity contribution in [3.8, 4) is 0 Å². The van der Waals surface area contributed by atoms with Crippen LogP contribution in [0.3, 0.4) is 0 Å². The van der Waals surface area contributed by atoms with E-state index in [0.717, 1.165) is 16.7 Å². The second-order valence-electron chi connectivity index (χ2n) is 2.20. The molecule has 2 aliphatic heterocycles. The van der Waals surface area contributed by atoms with E-state index in [2.05, 4.69) is 33.8 Å². The first-order valence-electron chi connectivity index (χ1n) is 3.33. The molecule has 0 aromatic heterocycles. The Kier molecular flexibility index (Phi) is 1.96. The average Bonchev–Trinajstić information content (AvgIpc) is 2.50. The summed E-state index contributed by atoms with van der Waals surface area (Å²) in [4.78, 5) is 6.57. The van der Waals surface area contributed by atoms with Crippen molar-refractivity contribution in [2.45, 2.75) is 0 Å². The van der Waals surface area contributed by atoms with Crippen molar-refractivity contribution >= 4 is 28.7 Å². The molecule has 0 spiro atoms. The van der Waals surface area contributed by atoms with E-state index < -0.39 is 0 Å². The molecular weight excluding hydrogens is 176 g/mol. The third-order valence-corrected chi connectivity index (χ3v) is 3.01. The number of thioether (sulfide) groups is 2. The van der Waals surface area contributed by atoms with E-state index in [0.29, 0.717) is 0 Å². The summed E-state index contributed by atoms with van der Waals surface area (Å²) in [5.74, 6) is 0. The summed E-state index contributed by atoms with van der Waals surface area (Å²) in [6, 6.07) is 0. The second-order valence-corrected chi connectivity index (χ2v) is 3.90. The Bertz CT molecular complexity index is 255. The molecule has 2 rings (SSSR count). The van der Waals surface area contributed by atoms with Gasteiger partial charge < -0.3 is 4.90 Å². The summed E-state index contributed by atoms with van der Waals surface area (Å²) in [5, 5.41) is 4.31. The van der Waals surface area contributed by atoms with Gasteiger partial charge >= 0.3 is 0 Å². The SMILES string of the molecule is CSC1=CCN2C=CSC2=N1. The maximum absolute atomic E-state index is 4.43. The Morgan fingerprint density at radius 2 is 2.64 bits per heavy atom. The smallest absolute Gasteiger partial charge is 0.173 e. The zero-order valence-corrected chi connectivity index (χ0v) is 7.78. The predicted octanol–water partition coefficient (Wildman–Crippen LogP) is 2.08. The molecule has 0 unspecified atom stereocenters. The largest absolute Gasteiger partial charge is 0.323 e. The molecule has 0 saturated carbocycles. The lowest BCUT2D eigenvalue weighted by Crippen LogP contribution is -2.22. The van der Waals surface area contributed by atoms with Gasteiger partial charge in [-0.3, -0.25) is 0 Å². The Hall–Kier alpha value is -0.350. The van der Waals surface area contributed by atoms with Gasteiger partial charge in [0, 0.05) is 12.7 Å². The summed E-state index contributed by atoms with van der Waals surface area (Å²) in [6.45, 7) is 0.971. The third kappa shape index (κ3) is 1.32. The molecule has 0 saturated heterocycles. The quantitative estimate of drug-likeness (QED) is 0.620. The van der Waals surface area contributed by atoms with Gasteiger partial charge in [-0.05, 0) is 17.7 Å². The van der Waals surface area contributed by atoms with E-state index >= 15 is 0 Å². The van der Waals surface area contributed by atoms with Gasteiger partial charge in [-0.25, -0.2) is 4.99 Å². The van der Waals surface area contributed by atoms with Crippen LogP contribution in [-0.2, 0) is 0 Å². The monoisotopic (exact) mass is 184 g/mol. The van der Waals surface area contributed by atoms with Crippen LogP contribution < -0.4 is 0 Å². The van der Waals surface area contributed by atoms with Crippen LogP contribution in [0.5, 0.6) is 0 Å². The molecule has 58 valence electrons. The highest BCUT2D eigenvalue weighted by molar-refractivity contribution is 8.16. The number of fused-ring (bicyclic) bond motifs is 1. The molecule has 4 heteroatoms. The normalized spacial score (nSPS) is 21.4. The first-order valence-corrected chi connectivity index (χ1v) is 5.43. The molecule has 0 aromatic carbocycles. The van der Waals surface area contributed by atoms with Crippen molar-refractivity contribution in [1.29, 1.82) is 0 Å². The zero-order chi connectivity index (χ0) is 7.68. The molecule has 2 aliphatic rings. The Labute approximate surface area is 74.4 Å². The van der Waals surface area contributed by atoms with Crippen LogP contribution in [0.25, 0.3) is 0 Å². The van der Waals surface area contributed by atoms with Crippen LogP contribution >= 0.6 is 23.5 Å². The van der Waals surface area contributed by atoms with Crippen molar-refractivity contribution < 1.29 is 0 Å². The first kappa shape index (κ1) is 7.31. The number of amidine groups is 1. The van der Waals surface area contributed by atoms with Crippen LogP contribution in [0, 0.1) is 0 Å². The number of nitrogens with zero attached hydrogens (tertiary/aromatic N) is 2. The van der Waals surface area contributed by atoms with E-state index in [1.54, 1.807) is 23.5 Å². The second kappa shape index (κ2) is 2.95. The Morgan fingerprint density at radius 1 is 1.73 bits per heavy atom. The molecule has 0 amide bonds. The van der Waals surface area contributed by atoms with Gasteiger partial charge in [0.15, 0.2) is 5.17 Å². The molecule has 0 aromatic rings. The number of hydrogen-bond donors (Lipinski definition) is 0.